The third kappa shape index (κ3) is 6.39. The molecule has 0 radical (unpaired) electrons. The van der Waals surface area contributed by atoms with Gasteiger partial charge in [0.1, 0.15) is 11.5 Å². The minimum absolute atomic E-state index is 0.150. The van der Waals surface area contributed by atoms with Crippen LogP contribution in [0.4, 0.5) is 5.69 Å². The second-order valence-corrected chi connectivity index (χ2v) is 8.58. The van der Waals surface area contributed by atoms with Crippen molar-refractivity contribution in [3.8, 4) is 11.5 Å². The molecule has 158 valence electrons. The average molecular weight is 421 g/mol. The lowest BCUT2D eigenvalue weighted by Crippen LogP contribution is -2.32. The van der Waals surface area contributed by atoms with Gasteiger partial charge in [-0.25, -0.2) is 8.42 Å². The van der Waals surface area contributed by atoms with Crippen LogP contribution in [0.1, 0.15) is 31.4 Å². The first-order valence-corrected chi connectivity index (χ1v) is 11.1. The third-order valence-electron chi connectivity index (χ3n) is 4.49. The number of anilines is 1. The van der Waals surface area contributed by atoms with Gasteiger partial charge in [-0.2, -0.15) is 0 Å². The predicted octanol–water partition coefficient (Wildman–Crippen LogP) is 3.13. The van der Waals surface area contributed by atoms with Crippen LogP contribution in [0.3, 0.4) is 0 Å². The van der Waals surface area contributed by atoms with Crippen molar-refractivity contribution in [3.63, 3.8) is 0 Å². The lowest BCUT2D eigenvalue weighted by Gasteiger charge is -2.23. The van der Waals surface area contributed by atoms with Gasteiger partial charge in [0.05, 0.1) is 32.2 Å². The largest absolute Gasteiger partial charge is 0.497 e. The van der Waals surface area contributed by atoms with Crippen LogP contribution in [0.15, 0.2) is 48.5 Å². The van der Waals surface area contributed by atoms with Crippen molar-refractivity contribution < 1.29 is 22.7 Å². The minimum atomic E-state index is -3.49. The van der Waals surface area contributed by atoms with Crippen molar-refractivity contribution >= 4 is 21.6 Å². The molecule has 29 heavy (non-hydrogen) atoms. The Morgan fingerprint density at radius 1 is 1.10 bits per heavy atom. The molecule has 1 N–H and O–H groups in total. The molecule has 0 fully saturated rings. The predicted molar refractivity (Wildman–Crippen MR) is 114 cm³/mol. The molecule has 2 aromatic rings. The molecule has 7 nitrogen and oxygen atoms in total. The van der Waals surface area contributed by atoms with Crippen LogP contribution in [0, 0.1) is 0 Å². The number of hydrogen-bond donors (Lipinski definition) is 1. The van der Waals surface area contributed by atoms with Crippen molar-refractivity contribution in [1.29, 1.82) is 0 Å². The Labute approximate surface area is 172 Å². The first-order chi connectivity index (χ1) is 13.8. The summed E-state index contributed by atoms with van der Waals surface area (Å²) in [6.07, 6.45) is 1.74. The Kier molecular flexibility index (Phi) is 7.90. The molecule has 0 aliphatic carbocycles. The van der Waals surface area contributed by atoms with Gasteiger partial charge in [-0.15, -0.1) is 0 Å². The zero-order valence-corrected chi connectivity index (χ0v) is 18.0. The Balaban J connectivity index is 1.97. The molecular formula is C21H28N2O5S. The number of ether oxygens (including phenoxy) is 2. The maximum Gasteiger partial charge on any atom is 0.232 e. The van der Waals surface area contributed by atoms with E-state index in [1.807, 2.05) is 31.2 Å². The zero-order valence-electron chi connectivity index (χ0n) is 17.2. The Bertz CT molecular complexity index is 930. The van der Waals surface area contributed by atoms with E-state index in [4.69, 9.17) is 9.47 Å². The Morgan fingerprint density at radius 3 is 2.48 bits per heavy atom. The van der Waals surface area contributed by atoms with E-state index >= 15 is 0 Å². The van der Waals surface area contributed by atoms with Crippen LogP contribution >= 0.6 is 0 Å². The molecule has 1 amide bonds. The number of benzene rings is 2. The van der Waals surface area contributed by atoms with Gasteiger partial charge in [0.25, 0.3) is 0 Å². The van der Waals surface area contributed by atoms with E-state index in [9.17, 15) is 13.2 Å². The number of carbonyl (C=O) groups excluding carboxylic acids is 1. The van der Waals surface area contributed by atoms with Crippen LogP contribution in [0.2, 0.25) is 0 Å². The normalized spacial score (nSPS) is 12.1. The van der Waals surface area contributed by atoms with Gasteiger partial charge >= 0.3 is 0 Å². The van der Waals surface area contributed by atoms with E-state index in [1.54, 1.807) is 31.4 Å². The fourth-order valence-corrected chi connectivity index (χ4v) is 4.01. The number of para-hydroxylation sites is 1. The second kappa shape index (κ2) is 10.2. The molecule has 0 aliphatic rings. The van der Waals surface area contributed by atoms with Crippen molar-refractivity contribution in [2.45, 2.75) is 25.8 Å². The summed E-state index contributed by atoms with van der Waals surface area (Å²) in [5.74, 6) is 1.13. The lowest BCUT2D eigenvalue weighted by atomic mass is 10.1. The van der Waals surface area contributed by atoms with E-state index in [0.29, 0.717) is 23.6 Å². The van der Waals surface area contributed by atoms with Crippen molar-refractivity contribution in [1.82, 2.24) is 5.32 Å². The van der Waals surface area contributed by atoms with Gasteiger partial charge in [-0.3, -0.25) is 9.10 Å². The van der Waals surface area contributed by atoms with Crippen molar-refractivity contribution in [2.24, 2.45) is 0 Å². The fraction of sp³-hybridized carbons (Fsp3) is 0.381. The van der Waals surface area contributed by atoms with Crippen LogP contribution in [-0.4, -0.2) is 41.3 Å². The molecule has 0 saturated carbocycles. The van der Waals surface area contributed by atoms with Crippen LogP contribution in [-0.2, 0) is 14.8 Å². The zero-order chi connectivity index (χ0) is 21.4. The number of rotatable bonds is 10. The highest BCUT2D eigenvalue weighted by molar-refractivity contribution is 7.92. The molecular weight excluding hydrogens is 392 g/mol. The first kappa shape index (κ1) is 22.5. The molecule has 0 aliphatic heterocycles. The number of sulfonamides is 1. The van der Waals surface area contributed by atoms with Gasteiger partial charge in [0.15, 0.2) is 0 Å². The summed E-state index contributed by atoms with van der Waals surface area (Å²) in [7, 11) is -0.372. The summed E-state index contributed by atoms with van der Waals surface area (Å²) in [5.41, 5.74) is 1.40. The summed E-state index contributed by atoms with van der Waals surface area (Å²) in [4.78, 5) is 12.4. The number of nitrogens with one attached hydrogen (secondary N) is 1. The average Bonchev–Trinajstić information content (AvgIpc) is 2.70. The lowest BCUT2D eigenvalue weighted by molar-refractivity contribution is -0.121. The van der Waals surface area contributed by atoms with E-state index in [-0.39, 0.29) is 24.9 Å². The number of hydrogen-bond acceptors (Lipinski definition) is 5. The quantitative estimate of drug-likeness (QED) is 0.638. The maximum absolute atomic E-state index is 12.4. The molecule has 1 atom stereocenters. The highest BCUT2D eigenvalue weighted by atomic mass is 32.2. The van der Waals surface area contributed by atoms with Gasteiger partial charge in [-0.1, -0.05) is 24.3 Å². The van der Waals surface area contributed by atoms with Gasteiger partial charge in [0.2, 0.25) is 15.9 Å². The number of methoxy groups -OCH3 is 2. The van der Waals surface area contributed by atoms with Crippen LogP contribution in [0.25, 0.3) is 0 Å². The summed E-state index contributed by atoms with van der Waals surface area (Å²) in [6, 6.07) is 14.1. The molecule has 0 heterocycles. The van der Waals surface area contributed by atoms with E-state index < -0.39 is 10.0 Å². The van der Waals surface area contributed by atoms with Crippen LogP contribution < -0.4 is 19.1 Å². The molecule has 0 saturated heterocycles. The number of carbonyl (C=O) groups is 1. The highest BCUT2D eigenvalue weighted by Gasteiger charge is 2.19. The molecule has 2 rings (SSSR count). The Morgan fingerprint density at radius 2 is 1.83 bits per heavy atom. The summed E-state index contributed by atoms with van der Waals surface area (Å²) in [5, 5.41) is 2.93. The van der Waals surface area contributed by atoms with Gasteiger partial charge in [0, 0.05) is 24.6 Å². The fourth-order valence-electron chi connectivity index (χ4n) is 3.05. The summed E-state index contributed by atoms with van der Waals surface area (Å²) in [6.45, 7) is 2.08. The van der Waals surface area contributed by atoms with Crippen molar-refractivity contribution in [3.05, 3.63) is 54.1 Å². The maximum atomic E-state index is 12.4. The van der Waals surface area contributed by atoms with Crippen molar-refractivity contribution in [2.75, 3.05) is 31.3 Å². The molecule has 0 spiro atoms. The SMILES string of the molecule is COc1cccc(N(CCCC(=O)N[C@@H](C)c2ccccc2OC)S(C)(=O)=O)c1. The molecule has 8 heteroatoms. The first-order valence-electron chi connectivity index (χ1n) is 9.30. The molecule has 0 bridgehead atoms. The van der Waals surface area contributed by atoms with Crippen LogP contribution in [0.5, 0.6) is 11.5 Å². The number of amides is 1. The smallest absolute Gasteiger partial charge is 0.232 e. The van der Waals surface area contributed by atoms with Gasteiger partial charge in [-0.05, 0) is 31.5 Å². The number of nitrogens with zero attached hydrogens (tertiary/aromatic N) is 1. The minimum Gasteiger partial charge on any atom is -0.497 e. The second-order valence-electron chi connectivity index (χ2n) is 6.67. The monoisotopic (exact) mass is 420 g/mol. The summed E-state index contributed by atoms with van der Waals surface area (Å²) >= 11 is 0. The van der Waals surface area contributed by atoms with E-state index in [1.165, 1.54) is 11.4 Å². The molecule has 0 unspecified atom stereocenters. The molecule has 2 aromatic carbocycles. The van der Waals surface area contributed by atoms with E-state index in [0.717, 1.165) is 11.8 Å². The van der Waals surface area contributed by atoms with E-state index in [2.05, 4.69) is 5.32 Å². The summed E-state index contributed by atoms with van der Waals surface area (Å²) < 4.78 is 36.2. The molecule has 0 aromatic heterocycles. The standard InChI is InChI=1S/C21H28N2O5S/c1-16(19-11-5-6-12-20(19)28-3)22-21(24)13-8-14-23(29(4,25)26)17-9-7-10-18(15-17)27-2/h5-7,9-12,15-16H,8,13-14H2,1-4H3,(H,22,24)/t16-/m0/s1. The topological polar surface area (TPSA) is 84.9 Å². The third-order valence-corrected chi connectivity index (χ3v) is 5.68. The van der Waals surface area contributed by atoms with Gasteiger partial charge < -0.3 is 14.8 Å². The Hall–Kier alpha value is -2.74. The highest BCUT2D eigenvalue weighted by Crippen LogP contribution is 2.25.